The molecule has 12 nitrogen and oxygen atoms in total. The van der Waals surface area contributed by atoms with Crippen LogP contribution in [0.2, 0.25) is 0 Å². The lowest BCUT2D eigenvalue weighted by atomic mass is 10.0. The highest BCUT2D eigenvalue weighted by Crippen LogP contribution is 2.29. The highest BCUT2D eigenvalue weighted by atomic mass is 16.4. The van der Waals surface area contributed by atoms with Crippen LogP contribution in [0.4, 0.5) is 11.5 Å². The number of carbonyl (C=O) groups is 1. The molecule has 35 heavy (non-hydrogen) atoms. The standard InChI is InChI=1S/C23H28N10O2/c1-14(2)33-29-21(28-30-33)15-4-3-5-17(10-15)27-22-20-18(11-31-8-6-16(24)7-9-31)19(23(34)35)12-32(20)26-13-25-22/h3-5,10,12-14,16H,6-9,11,24H2,1-2H3,(H,34,35)(H,25,26,27). The molecule has 0 saturated carbocycles. The fourth-order valence-electron chi connectivity index (χ4n) is 4.28. The van der Waals surface area contributed by atoms with Gasteiger partial charge in [-0.25, -0.2) is 14.3 Å². The maximum Gasteiger partial charge on any atom is 0.337 e. The molecule has 0 amide bonds. The molecule has 1 fully saturated rings. The molecule has 0 atom stereocenters. The first-order valence-electron chi connectivity index (χ1n) is 11.6. The van der Waals surface area contributed by atoms with Gasteiger partial charge < -0.3 is 16.2 Å². The van der Waals surface area contributed by atoms with Crippen molar-refractivity contribution in [2.75, 3.05) is 18.4 Å². The first-order valence-corrected chi connectivity index (χ1v) is 11.6. The molecule has 3 aromatic heterocycles. The monoisotopic (exact) mass is 476 g/mol. The van der Waals surface area contributed by atoms with Gasteiger partial charge in [0.2, 0.25) is 5.82 Å². The maximum absolute atomic E-state index is 12.1. The molecule has 0 bridgehead atoms. The van der Waals surface area contributed by atoms with Gasteiger partial charge >= 0.3 is 5.97 Å². The fraction of sp³-hybridized carbons (Fsp3) is 0.391. The molecule has 0 unspecified atom stereocenters. The Bertz CT molecular complexity index is 1350. The van der Waals surface area contributed by atoms with Crippen LogP contribution in [0.15, 0.2) is 36.8 Å². The number of tetrazole rings is 1. The summed E-state index contributed by atoms with van der Waals surface area (Å²) in [5.74, 6) is 0.0497. The van der Waals surface area contributed by atoms with Crippen LogP contribution in [-0.2, 0) is 6.54 Å². The van der Waals surface area contributed by atoms with E-state index in [1.165, 1.54) is 6.33 Å². The summed E-state index contributed by atoms with van der Waals surface area (Å²) in [7, 11) is 0. The van der Waals surface area contributed by atoms with Crippen molar-refractivity contribution in [3.05, 3.63) is 47.9 Å². The second kappa shape index (κ2) is 9.39. The molecule has 1 aliphatic heterocycles. The van der Waals surface area contributed by atoms with Gasteiger partial charge in [0, 0.05) is 35.6 Å². The summed E-state index contributed by atoms with van der Waals surface area (Å²) in [6.07, 6.45) is 4.72. The number of fused-ring (bicyclic) bond motifs is 1. The van der Waals surface area contributed by atoms with E-state index < -0.39 is 5.97 Å². The Labute approximate surface area is 201 Å². The minimum atomic E-state index is -0.994. The largest absolute Gasteiger partial charge is 0.478 e. The molecule has 12 heteroatoms. The normalized spacial score (nSPS) is 15.2. The topological polar surface area (TPSA) is 152 Å². The highest BCUT2D eigenvalue weighted by molar-refractivity contribution is 5.94. The number of benzene rings is 1. The molecule has 1 aromatic carbocycles. The van der Waals surface area contributed by atoms with Crippen molar-refractivity contribution in [3.63, 3.8) is 0 Å². The molecule has 0 aliphatic carbocycles. The van der Waals surface area contributed by atoms with Crippen molar-refractivity contribution in [2.24, 2.45) is 5.73 Å². The number of likely N-dealkylation sites (tertiary alicyclic amines) is 1. The van der Waals surface area contributed by atoms with Gasteiger partial charge in [0.05, 0.1) is 11.6 Å². The van der Waals surface area contributed by atoms with Gasteiger partial charge in [0.15, 0.2) is 5.82 Å². The number of carboxylic acids is 1. The highest BCUT2D eigenvalue weighted by Gasteiger charge is 2.24. The predicted molar refractivity (Wildman–Crippen MR) is 129 cm³/mol. The number of carboxylic acid groups (broad SMARTS) is 1. The number of aromatic nitrogens is 7. The van der Waals surface area contributed by atoms with E-state index in [9.17, 15) is 9.90 Å². The van der Waals surface area contributed by atoms with Crippen molar-refractivity contribution < 1.29 is 9.90 Å². The average Bonchev–Trinajstić information content (AvgIpc) is 3.47. The minimum absolute atomic E-state index is 0.110. The van der Waals surface area contributed by atoms with Crippen molar-refractivity contribution in [1.82, 2.24) is 39.7 Å². The van der Waals surface area contributed by atoms with Gasteiger partial charge in [-0.3, -0.25) is 4.90 Å². The number of hydrogen-bond acceptors (Lipinski definition) is 9. The van der Waals surface area contributed by atoms with Crippen molar-refractivity contribution in [2.45, 2.75) is 45.3 Å². The lowest BCUT2D eigenvalue weighted by molar-refractivity contribution is 0.0694. The number of piperidine rings is 1. The summed E-state index contributed by atoms with van der Waals surface area (Å²) in [5, 5.41) is 30.2. The predicted octanol–water partition coefficient (Wildman–Crippen LogP) is 2.33. The summed E-state index contributed by atoms with van der Waals surface area (Å²) < 4.78 is 1.57. The second-order valence-electron chi connectivity index (χ2n) is 9.07. The molecule has 182 valence electrons. The van der Waals surface area contributed by atoms with Crippen LogP contribution in [-0.4, -0.2) is 69.9 Å². The van der Waals surface area contributed by atoms with Gasteiger partial charge in [-0.05, 0) is 57.1 Å². The lowest BCUT2D eigenvalue weighted by Crippen LogP contribution is -2.39. The Hall–Kier alpha value is -3.90. The first-order chi connectivity index (χ1) is 16.9. The molecule has 0 spiro atoms. The summed E-state index contributed by atoms with van der Waals surface area (Å²) in [6, 6.07) is 7.92. The van der Waals surface area contributed by atoms with Gasteiger partial charge in [-0.2, -0.15) is 9.90 Å². The van der Waals surface area contributed by atoms with Crippen LogP contribution in [0.3, 0.4) is 0 Å². The Morgan fingerprint density at radius 1 is 1.29 bits per heavy atom. The van der Waals surface area contributed by atoms with Crippen molar-refractivity contribution in [1.29, 1.82) is 0 Å². The Balaban J connectivity index is 1.49. The van der Waals surface area contributed by atoms with Gasteiger partial charge in [0.1, 0.15) is 11.8 Å². The van der Waals surface area contributed by atoms with Gasteiger partial charge in [0.25, 0.3) is 0 Å². The smallest absolute Gasteiger partial charge is 0.337 e. The van der Waals surface area contributed by atoms with E-state index in [-0.39, 0.29) is 17.6 Å². The number of aromatic carboxylic acids is 1. The SMILES string of the molecule is CC(C)n1nnc(-c2cccc(Nc3ncnn4cc(C(=O)O)c(CN5CCC(N)CC5)c34)c2)n1. The van der Waals surface area contributed by atoms with E-state index in [1.54, 1.807) is 15.5 Å². The van der Waals surface area contributed by atoms with E-state index in [0.717, 1.165) is 37.2 Å². The molecule has 4 N–H and O–H groups in total. The molecule has 1 aliphatic rings. The van der Waals surface area contributed by atoms with Gasteiger partial charge in [-0.1, -0.05) is 12.1 Å². The number of nitrogens with two attached hydrogens (primary N) is 1. The van der Waals surface area contributed by atoms with Crippen LogP contribution >= 0.6 is 0 Å². The molecular formula is C23H28N10O2. The zero-order chi connectivity index (χ0) is 24.5. The van der Waals surface area contributed by atoms with Crippen LogP contribution in [0, 0.1) is 0 Å². The van der Waals surface area contributed by atoms with E-state index in [2.05, 4.69) is 35.7 Å². The third kappa shape index (κ3) is 4.70. The molecular weight excluding hydrogens is 448 g/mol. The third-order valence-electron chi connectivity index (χ3n) is 6.20. The number of nitrogens with zero attached hydrogens (tertiary/aromatic N) is 8. The molecule has 1 saturated heterocycles. The molecule has 4 aromatic rings. The zero-order valence-electron chi connectivity index (χ0n) is 19.7. The van der Waals surface area contributed by atoms with E-state index in [4.69, 9.17) is 5.73 Å². The lowest BCUT2D eigenvalue weighted by Gasteiger charge is -2.30. The Kier molecular flexibility index (Phi) is 6.14. The number of nitrogens with one attached hydrogen (secondary N) is 1. The third-order valence-corrected chi connectivity index (χ3v) is 6.20. The zero-order valence-corrected chi connectivity index (χ0v) is 19.7. The number of rotatable bonds is 7. The van der Waals surface area contributed by atoms with Crippen LogP contribution in [0.25, 0.3) is 16.9 Å². The fourth-order valence-corrected chi connectivity index (χ4v) is 4.28. The first kappa shape index (κ1) is 22.9. The number of hydrogen-bond donors (Lipinski definition) is 3. The summed E-state index contributed by atoms with van der Waals surface area (Å²) in [6.45, 7) is 6.10. The van der Waals surface area contributed by atoms with Crippen molar-refractivity contribution in [3.8, 4) is 11.4 Å². The van der Waals surface area contributed by atoms with Crippen molar-refractivity contribution >= 4 is 23.0 Å². The summed E-state index contributed by atoms with van der Waals surface area (Å²) in [5.41, 5.74) is 9.14. The quantitative estimate of drug-likeness (QED) is 0.362. The Morgan fingerprint density at radius 2 is 2.09 bits per heavy atom. The molecule has 5 rings (SSSR count). The minimum Gasteiger partial charge on any atom is -0.478 e. The average molecular weight is 477 g/mol. The van der Waals surface area contributed by atoms with Crippen LogP contribution in [0.5, 0.6) is 0 Å². The maximum atomic E-state index is 12.1. The summed E-state index contributed by atoms with van der Waals surface area (Å²) in [4.78, 5) is 20.3. The van der Waals surface area contributed by atoms with E-state index in [0.29, 0.717) is 29.3 Å². The van der Waals surface area contributed by atoms with E-state index in [1.807, 2.05) is 38.1 Å². The molecule has 0 radical (unpaired) electrons. The van der Waals surface area contributed by atoms with Crippen LogP contribution in [0.1, 0.15) is 48.7 Å². The Morgan fingerprint density at radius 3 is 2.80 bits per heavy atom. The van der Waals surface area contributed by atoms with Crippen LogP contribution < -0.4 is 11.1 Å². The number of anilines is 2. The van der Waals surface area contributed by atoms with Gasteiger partial charge in [-0.15, -0.1) is 10.2 Å². The molecule has 4 heterocycles. The van der Waals surface area contributed by atoms with E-state index >= 15 is 0 Å². The summed E-state index contributed by atoms with van der Waals surface area (Å²) >= 11 is 0. The second-order valence-corrected chi connectivity index (χ2v) is 9.07.